The van der Waals surface area contributed by atoms with Crippen molar-refractivity contribution in [3.8, 4) is 17.1 Å². The highest BCUT2D eigenvalue weighted by molar-refractivity contribution is 5.56. The quantitative estimate of drug-likeness (QED) is 0.393. The molecule has 2 atom stereocenters. The minimum absolute atomic E-state index is 0.0349. The molecule has 180 valence electrons. The molecule has 1 aliphatic rings. The van der Waals surface area contributed by atoms with Crippen LogP contribution < -0.4 is 10.1 Å². The Morgan fingerprint density at radius 3 is 2.37 bits per heavy atom. The van der Waals surface area contributed by atoms with Crippen molar-refractivity contribution in [1.29, 1.82) is 0 Å². The molecule has 0 spiro atoms. The van der Waals surface area contributed by atoms with E-state index in [2.05, 4.69) is 83.0 Å². The summed E-state index contributed by atoms with van der Waals surface area (Å²) in [6, 6.07) is 23.0. The highest BCUT2D eigenvalue weighted by atomic mass is 16.5. The first-order valence-corrected chi connectivity index (χ1v) is 12.2. The summed E-state index contributed by atoms with van der Waals surface area (Å²) in [6.45, 7) is 8.31. The van der Waals surface area contributed by atoms with Crippen LogP contribution in [0.4, 0.5) is 0 Å². The van der Waals surface area contributed by atoms with E-state index in [1.807, 2.05) is 35.0 Å². The highest BCUT2D eigenvalue weighted by Gasteiger charge is 2.28. The summed E-state index contributed by atoms with van der Waals surface area (Å²) >= 11 is 0. The van der Waals surface area contributed by atoms with Crippen molar-refractivity contribution in [1.82, 2.24) is 30.5 Å². The lowest BCUT2D eigenvalue weighted by Crippen LogP contribution is -2.22. The Bertz CT molecular complexity index is 1220. The van der Waals surface area contributed by atoms with Gasteiger partial charge in [-0.3, -0.25) is 10.3 Å². The van der Waals surface area contributed by atoms with Gasteiger partial charge in [-0.15, -0.1) is 5.10 Å². The number of benzene rings is 2. The second-order valence-corrected chi connectivity index (χ2v) is 10.2. The number of nitrogens with zero attached hydrogens (tertiary/aromatic N) is 5. The summed E-state index contributed by atoms with van der Waals surface area (Å²) < 4.78 is 7.85. The zero-order chi connectivity index (χ0) is 24.3. The zero-order valence-corrected chi connectivity index (χ0v) is 20.6. The molecule has 7 heteroatoms. The van der Waals surface area contributed by atoms with Crippen molar-refractivity contribution < 1.29 is 4.74 Å². The summed E-state index contributed by atoms with van der Waals surface area (Å²) in [6.07, 6.45) is 4.14. The van der Waals surface area contributed by atoms with Gasteiger partial charge in [0, 0.05) is 17.7 Å². The van der Waals surface area contributed by atoms with Crippen LogP contribution >= 0.6 is 0 Å². The number of nitrogens with one attached hydrogen (secondary N) is 1. The van der Waals surface area contributed by atoms with E-state index in [1.165, 1.54) is 11.1 Å². The fourth-order valence-electron chi connectivity index (χ4n) is 4.88. The molecule has 2 aromatic carbocycles. The number of ether oxygens (including phenoxy) is 1. The van der Waals surface area contributed by atoms with Crippen LogP contribution in [0, 0.1) is 5.41 Å². The molecule has 2 aromatic heterocycles. The van der Waals surface area contributed by atoms with Gasteiger partial charge in [-0.25, -0.2) is 4.68 Å². The number of pyridine rings is 1. The molecular weight excluding hydrogens is 436 g/mol. The lowest BCUT2D eigenvalue weighted by atomic mass is 9.72. The van der Waals surface area contributed by atoms with Crippen LogP contribution in [-0.4, -0.2) is 31.7 Å². The molecule has 3 heterocycles. The predicted octanol–water partition coefficient (Wildman–Crippen LogP) is 5.37. The Labute approximate surface area is 206 Å². The first kappa shape index (κ1) is 23.2. The van der Waals surface area contributed by atoms with Crippen LogP contribution in [-0.2, 0) is 6.61 Å². The third-order valence-electron chi connectivity index (χ3n) is 6.52. The van der Waals surface area contributed by atoms with Gasteiger partial charge >= 0.3 is 0 Å². The minimum Gasteiger partial charge on any atom is -0.487 e. The monoisotopic (exact) mass is 468 g/mol. The van der Waals surface area contributed by atoms with Crippen LogP contribution in [0.25, 0.3) is 11.4 Å². The van der Waals surface area contributed by atoms with Crippen LogP contribution in [0.15, 0.2) is 72.9 Å². The molecule has 1 saturated heterocycles. The van der Waals surface area contributed by atoms with Crippen LogP contribution in [0.2, 0.25) is 0 Å². The summed E-state index contributed by atoms with van der Waals surface area (Å²) in [5.41, 5.74) is 4.50. The minimum atomic E-state index is 0.0349. The van der Waals surface area contributed by atoms with Crippen LogP contribution in [0.1, 0.15) is 62.5 Å². The largest absolute Gasteiger partial charge is 0.487 e. The Kier molecular flexibility index (Phi) is 6.59. The summed E-state index contributed by atoms with van der Waals surface area (Å²) in [5.74, 6) is 1.88. The van der Waals surface area contributed by atoms with Gasteiger partial charge in [0.05, 0.1) is 5.69 Å². The summed E-state index contributed by atoms with van der Waals surface area (Å²) in [4.78, 5) is 4.32. The highest BCUT2D eigenvalue weighted by Crippen LogP contribution is 2.41. The lowest BCUT2D eigenvalue weighted by molar-refractivity contribution is 0.301. The van der Waals surface area contributed by atoms with Gasteiger partial charge in [0.1, 0.15) is 18.5 Å². The van der Waals surface area contributed by atoms with E-state index in [0.717, 1.165) is 42.2 Å². The molecule has 4 aromatic rings. The van der Waals surface area contributed by atoms with Gasteiger partial charge in [-0.2, -0.15) is 0 Å². The first-order valence-electron chi connectivity index (χ1n) is 12.2. The first-order chi connectivity index (χ1) is 17.0. The molecule has 7 nitrogen and oxygen atoms in total. The number of hydrogen-bond donors (Lipinski definition) is 1. The van der Waals surface area contributed by atoms with E-state index < -0.39 is 0 Å². The molecule has 2 unspecified atom stereocenters. The Morgan fingerprint density at radius 1 is 1.00 bits per heavy atom. The van der Waals surface area contributed by atoms with Gasteiger partial charge in [0.25, 0.3) is 0 Å². The molecule has 1 N–H and O–H groups in total. The molecule has 0 amide bonds. The number of rotatable bonds is 7. The van der Waals surface area contributed by atoms with Crippen molar-refractivity contribution in [3.63, 3.8) is 0 Å². The van der Waals surface area contributed by atoms with Gasteiger partial charge in [0.2, 0.25) is 0 Å². The third-order valence-corrected chi connectivity index (χ3v) is 6.52. The molecule has 35 heavy (non-hydrogen) atoms. The van der Waals surface area contributed by atoms with E-state index in [0.29, 0.717) is 6.61 Å². The van der Waals surface area contributed by atoms with E-state index in [-0.39, 0.29) is 17.5 Å². The van der Waals surface area contributed by atoms with Gasteiger partial charge in [0.15, 0.2) is 5.82 Å². The lowest BCUT2D eigenvalue weighted by Gasteiger charge is -2.32. The number of tetrazole rings is 1. The molecule has 0 bridgehead atoms. The average Bonchev–Trinajstić information content (AvgIpc) is 3.56. The Balaban J connectivity index is 1.35. The van der Waals surface area contributed by atoms with E-state index >= 15 is 0 Å². The fourth-order valence-corrected chi connectivity index (χ4v) is 4.88. The fraction of sp³-hybridized carbons (Fsp3) is 0.357. The van der Waals surface area contributed by atoms with Crippen molar-refractivity contribution in [2.45, 2.75) is 52.3 Å². The standard InChI is InChI=1S/C28H32N6O/c1-28(2,3)26(21-13-15-24(16-14-21)35-19-23-7-4-5-17-29-23)20-9-11-22(12-10-20)27-31-32-33-34(27)25-8-6-18-30-25/h4-5,7,9-17,25-26,30H,6,8,18-19H2,1-3H3. The molecule has 5 rings (SSSR count). The number of aromatic nitrogens is 5. The maximum atomic E-state index is 5.94. The Hall–Kier alpha value is -3.58. The summed E-state index contributed by atoms with van der Waals surface area (Å²) in [5, 5.41) is 16.0. The Morgan fingerprint density at radius 2 is 1.74 bits per heavy atom. The molecule has 0 radical (unpaired) electrons. The smallest absolute Gasteiger partial charge is 0.183 e. The van der Waals surface area contributed by atoms with Crippen molar-refractivity contribution in [2.75, 3.05) is 6.54 Å². The second kappa shape index (κ2) is 9.96. The zero-order valence-electron chi connectivity index (χ0n) is 20.6. The average molecular weight is 469 g/mol. The predicted molar refractivity (Wildman–Crippen MR) is 136 cm³/mol. The molecular formula is C28H32N6O. The topological polar surface area (TPSA) is 77.8 Å². The van der Waals surface area contributed by atoms with Crippen molar-refractivity contribution >= 4 is 0 Å². The van der Waals surface area contributed by atoms with Crippen LogP contribution in [0.5, 0.6) is 5.75 Å². The summed E-state index contributed by atoms with van der Waals surface area (Å²) in [7, 11) is 0. The molecule has 1 fully saturated rings. The van der Waals surface area contributed by atoms with Gasteiger partial charge in [-0.05, 0) is 70.6 Å². The van der Waals surface area contributed by atoms with Gasteiger partial charge < -0.3 is 4.74 Å². The molecule has 1 aliphatic heterocycles. The normalized spacial score (nSPS) is 16.8. The van der Waals surface area contributed by atoms with Crippen LogP contribution in [0.3, 0.4) is 0 Å². The molecule has 0 aliphatic carbocycles. The van der Waals surface area contributed by atoms with Crippen molar-refractivity contribution in [3.05, 3.63) is 89.7 Å². The maximum Gasteiger partial charge on any atom is 0.183 e. The maximum absolute atomic E-state index is 5.94. The number of hydrogen-bond acceptors (Lipinski definition) is 6. The van der Waals surface area contributed by atoms with E-state index in [4.69, 9.17) is 4.74 Å². The van der Waals surface area contributed by atoms with E-state index in [1.54, 1.807) is 6.20 Å². The SMILES string of the molecule is CC(C)(C)C(c1ccc(OCc2ccccn2)cc1)c1ccc(-c2nnnn2C2CCCN2)cc1. The third kappa shape index (κ3) is 5.25. The second-order valence-electron chi connectivity index (χ2n) is 10.2. The van der Waals surface area contributed by atoms with E-state index in [9.17, 15) is 0 Å². The van der Waals surface area contributed by atoms with Crippen molar-refractivity contribution in [2.24, 2.45) is 5.41 Å². The van der Waals surface area contributed by atoms with Gasteiger partial charge in [-0.1, -0.05) is 63.2 Å². The molecule has 0 saturated carbocycles.